The Bertz CT molecular complexity index is 543. The summed E-state index contributed by atoms with van der Waals surface area (Å²) in [6.07, 6.45) is 1.32. The van der Waals surface area contributed by atoms with Gasteiger partial charge < -0.3 is 4.74 Å². The van der Waals surface area contributed by atoms with Crippen molar-refractivity contribution in [3.05, 3.63) is 29.8 Å². The van der Waals surface area contributed by atoms with Crippen LogP contribution < -0.4 is 0 Å². The zero-order chi connectivity index (χ0) is 12.4. The zero-order valence-corrected chi connectivity index (χ0v) is 9.84. The van der Waals surface area contributed by atoms with E-state index in [1.807, 2.05) is 20.0 Å². The molecule has 0 N–H and O–H groups in total. The summed E-state index contributed by atoms with van der Waals surface area (Å²) in [5.41, 5.74) is 2.54. The van der Waals surface area contributed by atoms with Crippen LogP contribution in [0.15, 0.2) is 18.5 Å². The van der Waals surface area contributed by atoms with Crippen LogP contribution in [-0.4, -0.2) is 32.8 Å². The zero-order valence-electron chi connectivity index (χ0n) is 9.84. The lowest BCUT2D eigenvalue weighted by Crippen LogP contribution is -2.05. The molecule has 0 spiro atoms. The molecule has 0 aliphatic carbocycles. The molecule has 0 aromatic carbocycles. The Kier molecular flexibility index (Phi) is 2.86. The van der Waals surface area contributed by atoms with E-state index in [4.69, 9.17) is 0 Å². The molecule has 2 aromatic rings. The quantitative estimate of drug-likeness (QED) is 0.721. The maximum atomic E-state index is 11.3. The summed E-state index contributed by atoms with van der Waals surface area (Å²) >= 11 is 0. The Morgan fingerprint density at radius 3 is 2.65 bits per heavy atom. The van der Waals surface area contributed by atoms with Crippen molar-refractivity contribution in [3.63, 3.8) is 0 Å². The monoisotopic (exact) mass is 232 g/mol. The minimum absolute atomic E-state index is 0.223. The highest BCUT2D eigenvalue weighted by molar-refractivity contribution is 5.88. The predicted molar refractivity (Wildman–Crippen MR) is 60.3 cm³/mol. The van der Waals surface area contributed by atoms with Gasteiger partial charge in [-0.2, -0.15) is 5.10 Å². The molecule has 0 aliphatic rings. The molecule has 0 radical (unpaired) electrons. The van der Waals surface area contributed by atoms with E-state index in [1.165, 1.54) is 13.4 Å². The van der Waals surface area contributed by atoms with E-state index in [0.29, 0.717) is 11.4 Å². The molecule has 0 saturated carbocycles. The number of rotatable bonds is 2. The summed E-state index contributed by atoms with van der Waals surface area (Å²) in [4.78, 5) is 19.3. The number of methoxy groups -OCH3 is 1. The van der Waals surface area contributed by atoms with E-state index in [1.54, 1.807) is 10.7 Å². The number of hydrogen-bond donors (Lipinski definition) is 0. The van der Waals surface area contributed by atoms with E-state index in [9.17, 15) is 4.79 Å². The molecule has 0 atom stereocenters. The van der Waals surface area contributed by atoms with E-state index in [0.717, 1.165) is 5.69 Å². The maximum absolute atomic E-state index is 11.3. The van der Waals surface area contributed by atoms with E-state index in [-0.39, 0.29) is 5.69 Å². The SMILES string of the molecule is COC(=O)c1cc(-c2cc(C)n(C)n2)ncn1. The van der Waals surface area contributed by atoms with Gasteiger partial charge in [-0.15, -0.1) is 0 Å². The van der Waals surface area contributed by atoms with Crippen LogP contribution in [0.4, 0.5) is 0 Å². The minimum Gasteiger partial charge on any atom is -0.464 e. The number of nitrogens with zero attached hydrogens (tertiary/aromatic N) is 4. The summed E-state index contributed by atoms with van der Waals surface area (Å²) in [6.45, 7) is 1.94. The van der Waals surface area contributed by atoms with Gasteiger partial charge in [0.15, 0.2) is 5.69 Å². The van der Waals surface area contributed by atoms with Crippen molar-refractivity contribution in [1.82, 2.24) is 19.7 Å². The third-order valence-corrected chi connectivity index (χ3v) is 2.44. The first-order valence-electron chi connectivity index (χ1n) is 5.03. The Balaban J connectivity index is 2.42. The van der Waals surface area contributed by atoms with Crippen LogP contribution in [0.5, 0.6) is 0 Å². The van der Waals surface area contributed by atoms with Crippen molar-refractivity contribution in [1.29, 1.82) is 0 Å². The molecule has 0 fully saturated rings. The molecule has 88 valence electrons. The van der Waals surface area contributed by atoms with Gasteiger partial charge >= 0.3 is 5.97 Å². The Hall–Kier alpha value is -2.24. The highest BCUT2D eigenvalue weighted by Crippen LogP contribution is 2.16. The van der Waals surface area contributed by atoms with Crippen LogP contribution in [0.3, 0.4) is 0 Å². The van der Waals surface area contributed by atoms with Crippen LogP contribution in [0.1, 0.15) is 16.2 Å². The summed E-state index contributed by atoms with van der Waals surface area (Å²) in [7, 11) is 3.16. The molecule has 0 saturated heterocycles. The molecular formula is C11H12N4O2. The highest BCUT2D eigenvalue weighted by Gasteiger charge is 2.11. The van der Waals surface area contributed by atoms with Crippen LogP contribution >= 0.6 is 0 Å². The fourth-order valence-electron chi connectivity index (χ4n) is 1.40. The van der Waals surface area contributed by atoms with E-state index in [2.05, 4.69) is 19.8 Å². The van der Waals surface area contributed by atoms with Crippen LogP contribution in [0, 0.1) is 6.92 Å². The number of aryl methyl sites for hydroxylation is 2. The fraction of sp³-hybridized carbons (Fsp3) is 0.273. The Morgan fingerprint density at radius 2 is 2.06 bits per heavy atom. The van der Waals surface area contributed by atoms with Crippen molar-refractivity contribution in [3.8, 4) is 11.4 Å². The number of carbonyl (C=O) groups is 1. The Labute approximate surface area is 98.3 Å². The van der Waals surface area contributed by atoms with Crippen molar-refractivity contribution in [2.45, 2.75) is 6.92 Å². The minimum atomic E-state index is -0.485. The molecular weight excluding hydrogens is 220 g/mol. The lowest BCUT2D eigenvalue weighted by atomic mass is 10.2. The summed E-state index contributed by atoms with van der Waals surface area (Å²) in [5, 5.41) is 4.28. The van der Waals surface area contributed by atoms with Gasteiger partial charge in [-0.05, 0) is 19.1 Å². The Morgan fingerprint density at radius 1 is 1.29 bits per heavy atom. The number of ether oxygens (including phenoxy) is 1. The molecule has 2 aromatic heterocycles. The van der Waals surface area contributed by atoms with Gasteiger partial charge in [0, 0.05) is 12.7 Å². The van der Waals surface area contributed by atoms with Crippen molar-refractivity contribution >= 4 is 5.97 Å². The molecule has 0 bridgehead atoms. The summed E-state index contributed by atoms with van der Waals surface area (Å²) < 4.78 is 6.35. The van der Waals surface area contributed by atoms with Gasteiger partial charge in [-0.1, -0.05) is 0 Å². The van der Waals surface area contributed by atoms with Gasteiger partial charge in [0.1, 0.15) is 12.0 Å². The topological polar surface area (TPSA) is 69.9 Å². The molecule has 0 aliphatic heterocycles. The highest BCUT2D eigenvalue weighted by atomic mass is 16.5. The van der Waals surface area contributed by atoms with Crippen LogP contribution in [0.2, 0.25) is 0 Å². The van der Waals surface area contributed by atoms with Gasteiger partial charge in [-0.25, -0.2) is 14.8 Å². The number of aromatic nitrogens is 4. The van der Waals surface area contributed by atoms with Crippen molar-refractivity contribution in [2.24, 2.45) is 7.05 Å². The van der Waals surface area contributed by atoms with Crippen LogP contribution in [0.25, 0.3) is 11.4 Å². The largest absolute Gasteiger partial charge is 0.464 e. The second-order valence-corrected chi connectivity index (χ2v) is 3.57. The average molecular weight is 232 g/mol. The standard InChI is InChI=1S/C11H12N4O2/c1-7-4-9(14-15(7)2)8-5-10(11(16)17-3)13-6-12-8/h4-6H,1-3H3. The van der Waals surface area contributed by atoms with Crippen molar-refractivity contribution < 1.29 is 9.53 Å². The molecule has 0 unspecified atom stereocenters. The molecule has 2 heterocycles. The first-order valence-corrected chi connectivity index (χ1v) is 5.03. The van der Waals surface area contributed by atoms with Gasteiger partial charge in [0.25, 0.3) is 0 Å². The fourth-order valence-corrected chi connectivity index (χ4v) is 1.40. The molecule has 6 heteroatoms. The first-order chi connectivity index (χ1) is 8.11. The second kappa shape index (κ2) is 4.32. The number of esters is 1. The predicted octanol–water partition coefficient (Wildman–Crippen LogP) is 0.972. The van der Waals surface area contributed by atoms with Gasteiger partial charge in [0.05, 0.1) is 12.8 Å². The van der Waals surface area contributed by atoms with Crippen LogP contribution in [-0.2, 0) is 11.8 Å². The number of hydrogen-bond acceptors (Lipinski definition) is 5. The summed E-state index contributed by atoms with van der Waals surface area (Å²) in [6, 6.07) is 3.46. The van der Waals surface area contributed by atoms with Crippen molar-refractivity contribution in [2.75, 3.05) is 7.11 Å². The first kappa shape index (κ1) is 11.3. The molecule has 0 amide bonds. The van der Waals surface area contributed by atoms with Gasteiger partial charge in [-0.3, -0.25) is 4.68 Å². The molecule has 2 rings (SSSR count). The maximum Gasteiger partial charge on any atom is 0.356 e. The van der Waals surface area contributed by atoms with E-state index < -0.39 is 5.97 Å². The average Bonchev–Trinajstić information content (AvgIpc) is 2.69. The van der Waals surface area contributed by atoms with E-state index >= 15 is 0 Å². The summed E-state index contributed by atoms with van der Waals surface area (Å²) in [5.74, 6) is -0.485. The molecule has 6 nitrogen and oxygen atoms in total. The lowest BCUT2D eigenvalue weighted by molar-refractivity contribution is 0.0594. The number of carbonyl (C=O) groups excluding carboxylic acids is 1. The second-order valence-electron chi connectivity index (χ2n) is 3.57. The third-order valence-electron chi connectivity index (χ3n) is 2.44. The smallest absolute Gasteiger partial charge is 0.356 e. The lowest BCUT2D eigenvalue weighted by Gasteiger charge is -1.99. The molecule has 17 heavy (non-hydrogen) atoms. The third kappa shape index (κ3) is 2.15. The normalized spacial score (nSPS) is 10.3. The van der Waals surface area contributed by atoms with Gasteiger partial charge in [0.2, 0.25) is 0 Å².